The summed E-state index contributed by atoms with van der Waals surface area (Å²) in [4.78, 5) is 4.26. The van der Waals surface area contributed by atoms with E-state index in [1.165, 1.54) is 10.9 Å². The second-order valence-corrected chi connectivity index (χ2v) is 5.81. The minimum absolute atomic E-state index is 0.607. The first-order valence-electron chi connectivity index (χ1n) is 8.67. The van der Waals surface area contributed by atoms with Crippen LogP contribution in [0.5, 0.6) is 0 Å². The van der Waals surface area contributed by atoms with Crippen LogP contribution in [0.3, 0.4) is 0 Å². The van der Waals surface area contributed by atoms with Gasteiger partial charge in [-0.1, -0.05) is 18.2 Å². The normalized spacial score (nSPS) is 11.8. The maximum absolute atomic E-state index is 4.26. The van der Waals surface area contributed by atoms with Crippen LogP contribution in [0.25, 0.3) is 10.9 Å². The zero-order valence-electron chi connectivity index (χ0n) is 14.8. The molecule has 0 aliphatic heterocycles. The summed E-state index contributed by atoms with van der Waals surface area (Å²) in [6.45, 7) is 5.37. The SMILES string of the molecule is CCn1cnnc1CNC(=NC)NCCCn1ccc2ccccc21. The van der Waals surface area contributed by atoms with Gasteiger partial charge in [-0.15, -0.1) is 10.2 Å². The van der Waals surface area contributed by atoms with E-state index in [0.717, 1.165) is 37.8 Å². The number of rotatable bonds is 7. The van der Waals surface area contributed by atoms with Crippen LogP contribution in [0.1, 0.15) is 19.2 Å². The van der Waals surface area contributed by atoms with E-state index < -0.39 is 0 Å². The van der Waals surface area contributed by atoms with Crippen molar-refractivity contribution in [3.8, 4) is 0 Å². The number of aliphatic imine (C=N–C) groups is 1. The molecule has 2 heterocycles. The summed E-state index contributed by atoms with van der Waals surface area (Å²) < 4.78 is 4.30. The van der Waals surface area contributed by atoms with Gasteiger partial charge >= 0.3 is 0 Å². The van der Waals surface area contributed by atoms with Gasteiger partial charge in [0.1, 0.15) is 6.33 Å². The third-order valence-electron chi connectivity index (χ3n) is 4.22. The minimum atomic E-state index is 0.607. The number of nitrogens with zero attached hydrogens (tertiary/aromatic N) is 5. The van der Waals surface area contributed by atoms with E-state index in [9.17, 15) is 0 Å². The van der Waals surface area contributed by atoms with Crippen molar-refractivity contribution in [1.82, 2.24) is 30.0 Å². The predicted octanol–water partition coefficient (Wildman–Crippen LogP) is 2.01. The minimum Gasteiger partial charge on any atom is -0.356 e. The molecule has 0 spiro atoms. The highest BCUT2D eigenvalue weighted by molar-refractivity contribution is 5.80. The summed E-state index contributed by atoms with van der Waals surface area (Å²) in [5, 5.41) is 16.0. The Kier molecular flexibility index (Phi) is 5.66. The van der Waals surface area contributed by atoms with Crippen LogP contribution in [0, 0.1) is 0 Å². The van der Waals surface area contributed by atoms with Crippen molar-refractivity contribution in [2.24, 2.45) is 4.99 Å². The fourth-order valence-corrected chi connectivity index (χ4v) is 2.86. The largest absolute Gasteiger partial charge is 0.356 e. The lowest BCUT2D eigenvalue weighted by Gasteiger charge is -2.12. The van der Waals surface area contributed by atoms with Crippen molar-refractivity contribution in [3.05, 3.63) is 48.7 Å². The van der Waals surface area contributed by atoms with Crippen LogP contribution in [-0.2, 0) is 19.6 Å². The molecule has 3 aromatic rings. The van der Waals surface area contributed by atoms with Gasteiger partial charge in [-0.05, 0) is 30.9 Å². The van der Waals surface area contributed by atoms with Crippen LogP contribution in [0.4, 0.5) is 0 Å². The van der Waals surface area contributed by atoms with Crippen molar-refractivity contribution in [2.45, 2.75) is 33.0 Å². The fraction of sp³-hybridized carbons (Fsp3) is 0.389. The second kappa shape index (κ2) is 8.32. The third-order valence-corrected chi connectivity index (χ3v) is 4.22. The molecule has 25 heavy (non-hydrogen) atoms. The summed E-state index contributed by atoms with van der Waals surface area (Å²) in [6, 6.07) is 10.6. The Labute approximate surface area is 147 Å². The van der Waals surface area contributed by atoms with Crippen molar-refractivity contribution < 1.29 is 0 Å². The number of para-hydroxylation sites is 1. The lowest BCUT2D eigenvalue weighted by molar-refractivity contribution is 0.633. The summed E-state index contributed by atoms with van der Waals surface area (Å²) in [7, 11) is 1.78. The smallest absolute Gasteiger partial charge is 0.191 e. The second-order valence-electron chi connectivity index (χ2n) is 5.81. The number of fused-ring (bicyclic) bond motifs is 1. The third kappa shape index (κ3) is 4.17. The summed E-state index contributed by atoms with van der Waals surface area (Å²) in [5.41, 5.74) is 1.28. The average Bonchev–Trinajstić information content (AvgIpc) is 3.27. The molecule has 0 aliphatic carbocycles. The molecule has 0 amide bonds. The van der Waals surface area contributed by atoms with E-state index >= 15 is 0 Å². The quantitative estimate of drug-likeness (QED) is 0.392. The first-order chi connectivity index (χ1) is 12.3. The zero-order valence-corrected chi connectivity index (χ0v) is 14.8. The van der Waals surface area contributed by atoms with E-state index in [1.807, 2.05) is 4.57 Å². The van der Waals surface area contributed by atoms with Gasteiger partial charge in [0.15, 0.2) is 11.8 Å². The predicted molar refractivity (Wildman–Crippen MR) is 100 cm³/mol. The Morgan fingerprint density at radius 3 is 2.88 bits per heavy atom. The van der Waals surface area contributed by atoms with Gasteiger partial charge in [0, 0.05) is 38.4 Å². The molecule has 2 aromatic heterocycles. The molecule has 0 radical (unpaired) electrons. The van der Waals surface area contributed by atoms with Crippen molar-refractivity contribution in [3.63, 3.8) is 0 Å². The monoisotopic (exact) mass is 339 g/mol. The van der Waals surface area contributed by atoms with Gasteiger partial charge in [-0.3, -0.25) is 4.99 Å². The molecule has 0 saturated carbocycles. The Morgan fingerprint density at radius 2 is 2.04 bits per heavy atom. The molecule has 0 saturated heterocycles. The topological polar surface area (TPSA) is 72.1 Å². The highest BCUT2D eigenvalue weighted by Crippen LogP contribution is 2.15. The van der Waals surface area contributed by atoms with E-state index in [1.54, 1.807) is 13.4 Å². The fourth-order valence-electron chi connectivity index (χ4n) is 2.86. The van der Waals surface area contributed by atoms with Gasteiger partial charge in [0.2, 0.25) is 0 Å². The molecule has 0 fully saturated rings. The number of aromatic nitrogens is 4. The van der Waals surface area contributed by atoms with Crippen LogP contribution in [0.15, 0.2) is 47.8 Å². The van der Waals surface area contributed by atoms with Gasteiger partial charge < -0.3 is 19.8 Å². The number of hydrogen-bond donors (Lipinski definition) is 2. The van der Waals surface area contributed by atoms with Gasteiger partial charge in [0.05, 0.1) is 6.54 Å². The maximum Gasteiger partial charge on any atom is 0.191 e. The first-order valence-corrected chi connectivity index (χ1v) is 8.67. The molecule has 0 unspecified atom stereocenters. The first kappa shape index (κ1) is 17.0. The molecule has 132 valence electrons. The van der Waals surface area contributed by atoms with Crippen molar-refractivity contribution >= 4 is 16.9 Å². The molecular formula is C18H25N7. The molecule has 0 aliphatic rings. The highest BCUT2D eigenvalue weighted by Gasteiger charge is 2.04. The Hall–Kier alpha value is -2.83. The molecule has 0 bridgehead atoms. The van der Waals surface area contributed by atoms with Crippen molar-refractivity contribution in [2.75, 3.05) is 13.6 Å². The number of benzene rings is 1. The van der Waals surface area contributed by atoms with E-state index in [-0.39, 0.29) is 0 Å². The molecule has 2 N–H and O–H groups in total. The van der Waals surface area contributed by atoms with E-state index in [4.69, 9.17) is 0 Å². The van der Waals surface area contributed by atoms with Crippen LogP contribution >= 0.6 is 0 Å². The molecule has 3 rings (SSSR count). The molecule has 0 atom stereocenters. The Morgan fingerprint density at radius 1 is 1.16 bits per heavy atom. The van der Waals surface area contributed by atoms with Crippen molar-refractivity contribution in [1.29, 1.82) is 0 Å². The number of hydrogen-bond acceptors (Lipinski definition) is 3. The number of nitrogens with one attached hydrogen (secondary N) is 2. The van der Waals surface area contributed by atoms with Gasteiger partial charge in [-0.2, -0.15) is 0 Å². The number of guanidine groups is 1. The van der Waals surface area contributed by atoms with Crippen LogP contribution < -0.4 is 10.6 Å². The zero-order chi connectivity index (χ0) is 17.5. The molecule has 7 nitrogen and oxygen atoms in total. The van der Waals surface area contributed by atoms with Crippen LogP contribution in [0.2, 0.25) is 0 Å². The van der Waals surface area contributed by atoms with Gasteiger partial charge in [-0.25, -0.2) is 0 Å². The van der Waals surface area contributed by atoms with Crippen LogP contribution in [-0.4, -0.2) is 38.9 Å². The molecular weight excluding hydrogens is 314 g/mol. The highest BCUT2D eigenvalue weighted by atomic mass is 15.3. The summed E-state index contributed by atoms with van der Waals surface area (Å²) in [5.74, 6) is 1.69. The maximum atomic E-state index is 4.26. The lowest BCUT2D eigenvalue weighted by atomic mass is 10.2. The van der Waals surface area contributed by atoms with E-state index in [0.29, 0.717) is 6.54 Å². The Balaban J connectivity index is 1.44. The summed E-state index contributed by atoms with van der Waals surface area (Å²) >= 11 is 0. The molecule has 7 heteroatoms. The average molecular weight is 339 g/mol. The lowest BCUT2D eigenvalue weighted by Crippen LogP contribution is -2.38. The summed E-state index contributed by atoms with van der Waals surface area (Å²) in [6.07, 6.45) is 4.91. The standard InChI is InChI=1S/C18H25N7/c1-3-24-14-22-23-17(24)13-21-18(19-2)20-10-6-11-25-12-9-15-7-4-5-8-16(15)25/h4-5,7-9,12,14H,3,6,10-11,13H2,1-2H3,(H2,19,20,21). The Bertz CT molecular complexity index is 831. The number of aryl methyl sites for hydroxylation is 2. The van der Waals surface area contributed by atoms with E-state index in [2.05, 4.69) is 73.8 Å². The van der Waals surface area contributed by atoms with Gasteiger partial charge in [0.25, 0.3) is 0 Å². The molecule has 1 aromatic carbocycles.